The number of rotatable bonds is 4. The summed E-state index contributed by atoms with van der Waals surface area (Å²) < 4.78 is 21.3. The fourth-order valence-electron chi connectivity index (χ4n) is 3.69. The van der Waals surface area contributed by atoms with Gasteiger partial charge in [-0.05, 0) is 55.4 Å². The van der Waals surface area contributed by atoms with Crippen LogP contribution in [0.15, 0.2) is 42.5 Å². The predicted octanol–water partition coefficient (Wildman–Crippen LogP) is 5.11. The third kappa shape index (κ3) is 3.64. The number of hydrogen-bond donors (Lipinski definition) is 1. The first-order valence-corrected chi connectivity index (χ1v) is 9.87. The zero-order valence-electron chi connectivity index (χ0n) is 15.4. The molecule has 1 aliphatic heterocycles. The van der Waals surface area contributed by atoms with Crippen molar-refractivity contribution in [2.75, 3.05) is 25.1 Å². The zero-order valence-corrected chi connectivity index (χ0v) is 16.9. The number of aromatic nitrogens is 3. The number of benzene rings is 2. The van der Waals surface area contributed by atoms with Crippen LogP contribution in [0.3, 0.4) is 0 Å². The van der Waals surface area contributed by atoms with E-state index in [4.69, 9.17) is 28.6 Å². The van der Waals surface area contributed by atoms with E-state index < -0.39 is 0 Å². The Morgan fingerprint density at radius 2 is 1.96 bits per heavy atom. The van der Waals surface area contributed by atoms with Crippen molar-refractivity contribution in [2.24, 2.45) is 0 Å². The molecule has 1 aliphatic rings. The highest BCUT2D eigenvalue weighted by Gasteiger charge is 2.26. The minimum Gasteiger partial charge on any atom is -0.495 e. The molecule has 3 aromatic rings. The lowest BCUT2D eigenvalue weighted by molar-refractivity contribution is 0.414. The van der Waals surface area contributed by atoms with E-state index in [1.807, 2.05) is 28.8 Å². The fraction of sp³-hybridized carbons (Fsp3) is 0.300. The van der Waals surface area contributed by atoms with Crippen LogP contribution < -0.4 is 9.64 Å². The lowest BCUT2D eigenvalue weighted by Gasteiger charge is -2.33. The van der Waals surface area contributed by atoms with Crippen LogP contribution in [0.4, 0.5) is 10.1 Å². The summed E-state index contributed by atoms with van der Waals surface area (Å²) in [5.74, 6) is 1.47. The van der Waals surface area contributed by atoms with Gasteiger partial charge >= 0.3 is 0 Å². The molecule has 0 bridgehead atoms. The highest BCUT2D eigenvalue weighted by atomic mass is 35.5. The van der Waals surface area contributed by atoms with Crippen LogP contribution in [0.5, 0.6) is 5.75 Å². The van der Waals surface area contributed by atoms with Crippen molar-refractivity contribution in [1.29, 1.82) is 0 Å². The molecular weight excluding hydrogens is 399 g/mol. The molecule has 2 aromatic carbocycles. The highest BCUT2D eigenvalue weighted by Crippen LogP contribution is 2.34. The van der Waals surface area contributed by atoms with E-state index in [1.165, 1.54) is 12.1 Å². The quantitative estimate of drug-likeness (QED) is 0.597. The van der Waals surface area contributed by atoms with Crippen molar-refractivity contribution < 1.29 is 9.13 Å². The Hall–Kier alpha value is -2.38. The molecule has 1 fully saturated rings. The first kappa shape index (κ1) is 19.0. The molecule has 146 valence electrons. The minimum atomic E-state index is -0.293. The average molecular weight is 419 g/mol. The maximum atomic E-state index is 13.7. The monoisotopic (exact) mass is 418 g/mol. The topological polar surface area (TPSA) is 46.1 Å². The summed E-state index contributed by atoms with van der Waals surface area (Å²) in [6.45, 7) is 1.75. The van der Waals surface area contributed by atoms with Gasteiger partial charge in [0.25, 0.3) is 0 Å². The van der Waals surface area contributed by atoms with E-state index in [0.29, 0.717) is 21.2 Å². The molecule has 0 unspecified atom stereocenters. The van der Waals surface area contributed by atoms with Gasteiger partial charge in [-0.2, -0.15) is 5.10 Å². The maximum absolute atomic E-state index is 13.7. The molecule has 5 nitrogen and oxygen atoms in total. The van der Waals surface area contributed by atoms with Crippen molar-refractivity contribution in [3.05, 3.63) is 63.9 Å². The molecule has 0 amide bonds. The standard InChI is InChI=1S/C20H20ClFN4OS/c1-27-18-12-15(5-6-17(18)21)25-9-7-13(8-10-25)19-23-24-20(28)26(19)16-4-2-3-14(22)11-16/h2-6,11-13H,7-10H2,1H3,(H,24,28). The van der Waals surface area contributed by atoms with Gasteiger partial charge in [-0.15, -0.1) is 0 Å². The number of anilines is 1. The number of aromatic amines is 1. The molecule has 0 atom stereocenters. The SMILES string of the molecule is COc1cc(N2CCC(c3n[nH]c(=S)n3-c3cccc(F)c3)CC2)ccc1Cl. The molecule has 0 radical (unpaired) electrons. The molecule has 0 spiro atoms. The van der Waals surface area contributed by atoms with E-state index in [9.17, 15) is 4.39 Å². The average Bonchev–Trinajstić information content (AvgIpc) is 3.10. The molecule has 1 saturated heterocycles. The van der Waals surface area contributed by atoms with Gasteiger partial charge in [0.2, 0.25) is 0 Å². The Bertz CT molecular complexity index is 1040. The summed E-state index contributed by atoms with van der Waals surface area (Å²) in [6, 6.07) is 12.2. The van der Waals surface area contributed by atoms with E-state index in [1.54, 1.807) is 13.2 Å². The Labute approximate surface area is 172 Å². The van der Waals surface area contributed by atoms with E-state index in [0.717, 1.165) is 37.4 Å². The molecule has 8 heteroatoms. The third-order valence-electron chi connectivity index (χ3n) is 5.12. The molecule has 1 aromatic heterocycles. The molecule has 2 heterocycles. The Balaban J connectivity index is 1.54. The summed E-state index contributed by atoms with van der Waals surface area (Å²) in [4.78, 5) is 2.31. The fourth-order valence-corrected chi connectivity index (χ4v) is 4.13. The normalized spacial score (nSPS) is 15.0. The smallest absolute Gasteiger partial charge is 0.199 e. The lowest BCUT2D eigenvalue weighted by atomic mass is 9.95. The number of halogens is 2. The summed E-state index contributed by atoms with van der Waals surface area (Å²) in [5.41, 5.74) is 1.78. The van der Waals surface area contributed by atoms with Crippen LogP contribution in [0, 0.1) is 10.6 Å². The maximum Gasteiger partial charge on any atom is 0.199 e. The van der Waals surface area contributed by atoms with Crippen molar-refractivity contribution in [3.8, 4) is 11.4 Å². The van der Waals surface area contributed by atoms with Gasteiger partial charge in [-0.25, -0.2) is 4.39 Å². The lowest BCUT2D eigenvalue weighted by Crippen LogP contribution is -2.33. The van der Waals surface area contributed by atoms with Crippen LogP contribution in [0.1, 0.15) is 24.6 Å². The Morgan fingerprint density at radius 1 is 1.18 bits per heavy atom. The number of methoxy groups -OCH3 is 1. The van der Waals surface area contributed by atoms with E-state index in [-0.39, 0.29) is 11.7 Å². The molecule has 1 N–H and O–H groups in total. The van der Waals surface area contributed by atoms with Gasteiger partial charge in [-0.1, -0.05) is 17.7 Å². The van der Waals surface area contributed by atoms with Crippen LogP contribution in [-0.4, -0.2) is 35.0 Å². The third-order valence-corrected chi connectivity index (χ3v) is 5.71. The van der Waals surface area contributed by atoms with Gasteiger partial charge in [0.1, 0.15) is 17.4 Å². The van der Waals surface area contributed by atoms with Gasteiger partial charge in [0.05, 0.1) is 17.8 Å². The molecule has 28 heavy (non-hydrogen) atoms. The second kappa shape index (κ2) is 7.93. The van der Waals surface area contributed by atoms with Crippen LogP contribution in [-0.2, 0) is 0 Å². The number of nitrogens with one attached hydrogen (secondary N) is 1. The zero-order chi connectivity index (χ0) is 19.7. The minimum absolute atomic E-state index is 0.238. The van der Waals surface area contributed by atoms with Gasteiger partial charge in [-0.3, -0.25) is 9.67 Å². The number of nitrogens with zero attached hydrogens (tertiary/aromatic N) is 3. The van der Waals surface area contributed by atoms with E-state index >= 15 is 0 Å². The number of piperidine rings is 1. The largest absolute Gasteiger partial charge is 0.495 e. The number of H-pyrrole nitrogens is 1. The molecule has 0 aliphatic carbocycles. The van der Waals surface area contributed by atoms with Gasteiger partial charge in [0.15, 0.2) is 4.77 Å². The summed E-state index contributed by atoms with van der Waals surface area (Å²) in [6.07, 6.45) is 1.83. The summed E-state index contributed by atoms with van der Waals surface area (Å²) in [7, 11) is 1.62. The summed E-state index contributed by atoms with van der Waals surface area (Å²) >= 11 is 11.5. The second-order valence-electron chi connectivity index (χ2n) is 6.78. The van der Waals surface area contributed by atoms with Crippen molar-refractivity contribution >= 4 is 29.5 Å². The van der Waals surface area contributed by atoms with Crippen molar-refractivity contribution in [3.63, 3.8) is 0 Å². The van der Waals surface area contributed by atoms with E-state index in [2.05, 4.69) is 15.1 Å². The predicted molar refractivity (Wildman–Crippen MR) is 111 cm³/mol. The number of hydrogen-bond acceptors (Lipinski definition) is 4. The first-order valence-electron chi connectivity index (χ1n) is 9.08. The first-order chi connectivity index (χ1) is 13.6. The van der Waals surface area contributed by atoms with Crippen molar-refractivity contribution in [2.45, 2.75) is 18.8 Å². The van der Waals surface area contributed by atoms with Crippen LogP contribution >= 0.6 is 23.8 Å². The van der Waals surface area contributed by atoms with Gasteiger partial charge in [0, 0.05) is 30.8 Å². The molecule has 0 saturated carbocycles. The van der Waals surface area contributed by atoms with Gasteiger partial charge < -0.3 is 9.64 Å². The Kier molecular flexibility index (Phi) is 5.37. The highest BCUT2D eigenvalue weighted by molar-refractivity contribution is 7.71. The Morgan fingerprint density at radius 3 is 2.68 bits per heavy atom. The summed E-state index contributed by atoms with van der Waals surface area (Å²) in [5, 5.41) is 7.92. The second-order valence-corrected chi connectivity index (χ2v) is 7.58. The molecule has 4 rings (SSSR count). The molecular formula is C20H20ClFN4OS. The number of ether oxygens (including phenoxy) is 1. The van der Waals surface area contributed by atoms with Crippen LogP contribution in [0.2, 0.25) is 5.02 Å². The van der Waals surface area contributed by atoms with Crippen LogP contribution in [0.25, 0.3) is 5.69 Å². The van der Waals surface area contributed by atoms with Crippen molar-refractivity contribution in [1.82, 2.24) is 14.8 Å².